The van der Waals surface area contributed by atoms with Gasteiger partial charge in [-0.3, -0.25) is 0 Å². The third kappa shape index (κ3) is 4.58. The van der Waals surface area contributed by atoms with Gasteiger partial charge in [0.2, 0.25) is 0 Å². The largest absolute Gasteiger partial charge is 0.453 e. The Morgan fingerprint density at radius 2 is 1.71 bits per heavy atom. The van der Waals surface area contributed by atoms with Crippen LogP contribution >= 0.6 is 11.6 Å². The number of carbonyl (C=O) groups excluding carboxylic acids is 1. The summed E-state index contributed by atoms with van der Waals surface area (Å²) in [5, 5.41) is 0. The summed E-state index contributed by atoms with van der Waals surface area (Å²) in [5.41, 5.74) is 0.574. The molecule has 0 aromatic rings. The normalized spacial score (nSPS) is 44.0. The molecular weight excluding hydrogens is 404 g/mol. The molecule has 0 aromatic heterocycles. The predicted molar refractivity (Wildman–Crippen MR) is 129 cm³/mol. The van der Waals surface area contributed by atoms with E-state index < -0.39 is 5.43 Å². The van der Waals surface area contributed by atoms with Crippen molar-refractivity contribution in [2.45, 2.75) is 111 Å². The molecule has 0 saturated heterocycles. The van der Waals surface area contributed by atoms with Gasteiger partial charge in [0, 0.05) is 11.6 Å². The number of fused-ring (bicyclic) bond motifs is 5. The third-order valence-electron chi connectivity index (χ3n) is 11.2. The van der Waals surface area contributed by atoms with E-state index in [0.717, 1.165) is 41.9 Å². The lowest BCUT2D eigenvalue weighted by molar-refractivity contribution is -0.114. The number of hydrogen-bond donors (Lipinski definition) is 0. The summed E-state index contributed by atoms with van der Waals surface area (Å²) in [4.78, 5) is 10.8. The van der Waals surface area contributed by atoms with E-state index in [4.69, 9.17) is 16.3 Å². The van der Waals surface area contributed by atoms with Gasteiger partial charge in [0.1, 0.15) is 0 Å². The molecular formula is C28H47ClO2. The second kappa shape index (κ2) is 9.55. The van der Waals surface area contributed by atoms with Crippen LogP contribution in [0.4, 0.5) is 4.79 Å². The minimum Gasteiger partial charge on any atom is -0.453 e. The Hall–Kier alpha value is -0.240. The van der Waals surface area contributed by atoms with Crippen LogP contribution in [0.15, 0.2) is 0 Å². The van der Waals surface area contributed by atoms with Gasteiger partial charge in [0.25, 0.3) is 0 Å². The van der Waals surface area contributed by atoms with Crippen molar-refractivity contribution in [2.75, 3.05) is 6.61 Å². The molecule has 4 aliphatic rings. The first-order valence-corrected chi connectivity index (χ1v) is 14.0. The van der Waals surface area contributed by atoms with Crippen molar-refractivity contribution in [1.29, 1.82) is 0 Å². The first kappa shape index (κ1) is 23.9. The van der Waals surface area contributed by atoms with E-state index in [9.17, 15) is 4.79 Å². The molecule has 3 heteroatoms. The molecule has 0 bridgehead atoms. The van der Waals surface area contributed by atoms with Gasteiger partial charge in [-0.05, 0) is 110 Å². The van der Waals surface area contributed by atoms with E-state index >= 15 is 0 Å². The van der Waals surface area contributed by atoms with Gasteiger partial charge in [-0.2, -0.15) is 0 Å². The van der Waals surface area contributed by atoms with Crippen molar-refractivity contribution in [3.05, 3.63) is 0 Å². The second-order valence-corrected chi connectivity index (χ2v) is 13.0. The molecule has 4 aliphatic carbocycles. The third-order valence-corrected chi connectivity index (χ3v) is 11.3. The lowest BCUT2D eigenvalue weighted by atomic mass is 9.44. The molecule has 0 radical (unpaired) electrons. The van der Waals surface area contributed by atoms with Crippen LogP contribution in [0.1, 0.15) is 111 Å². The molecule has 0 N–H and O–H groups in total. The molecule has 0 spiro atoms. The molecule has 0 aliphatic heterocycles. The fourth-order valence-corrected chi connectivity index (χ4v) is 9.61. The quantitative estimate of drug-likeness (QED) is 0.362. The number of rotatable bonds is 7. The van der Waals surface area contributed by atoms with Crippen LogP contribution in [-0.4, -0.2) is 12.0 Å². The molecule has 178 valence electrons. The van der Waals surface area contributed by atoms with Crippen molar-refractivity contribution in [3.63, 3.8) is 0 Å². The molecule has 0 amide bonds. The van der Waals surface area contributed by atoms with Gasteiger partial charge in [0.15, 0.2) is 0 Å². The zero-order valence-electron chi connectivity index (χ0n) is 20.6. The Morgan fingerprint density at radius 1 is 0.935 bits per heavy atom. The minimum atomic E-state index is -0.670. The molecule has 4 fully saturated rings. The van der Waals surface area contributed by atoms with Crippen molar-refractivity contribution < 1.29 is 9.53 Å². The molecule has 0 heterocycles. The van der Waals surface area contributed by atoms with Crippen LogP contribution in [0.5, 0.6) is 0 Å². The lowest BCUT2D eigenvalue weighted by Crippen LogP contribution is -2.53. The second-order valence-electron chi connectivity index (χ2n) is 12.7. The summed E-state index contributed by atoms with van der Waals surface area (Å²) in [6, 6.07) is 0. The highest BCUT2D eigenvalue weighted by Crippen LogP contribution is 2.68. The van der Waals surface area contributed by atoms with Crippen LogP contribution < -0.4 is 0 Å². The summed E-state index contributed by atoms with van der Waals surface area (Å²) in [7, 11) is 0. The summed E-state index contributed by atoms with van der Waals surface area (Å²) in [6.07, 6.45) is 18.7. The van der Waals surface area contributed by atoms with Gasteiger partial charge in [0.05, 0.1) is 6.61 Å². The van der Waals surface area contributed by atoms with Crippen LogP contribution in [0.3, 0.4) is 0 Å². The van der Waals surface area contributed by atoms with E-state index in [1.165, 1.54) is 77.0 Å². The topological polar surface area (TPSA) is 26.3 Å². The maximum Gasteiger partial charge on any atom is 0.403 e. The first-order valence-electron chi connectivity index (χ1n) is 13.6. The Kier molecular flexibility index (Phi) is 7.37. The maximum atomic E-state index is 10.8. The molecule has 9 atom stereocenters. The molecule has 4 rings (SSSR count). The van der Waals surface area contributed by atoms with Crippen LogP contribution in [0.2, 0.25) is 0 Å². The summed E-state index contributed by atoms with van der Waals surface area (Å²) in [5.74, 6) is 6.18. The zero-order valence-corrected chi connectivity index (χ0v) is 21.4. The van der Waals surface area contributed by atoms with E-state index in [1.54, 1.807) is 0 Å². The molecule has 4 saturated carbocycles. The summed E-state index contributed by atoms with van der Waals surface area (Å²) in [6.45, 7) is 10.6. The van der Waals surface area contributed by atoms with Crippen molar-refractivity contribution in [3.8, 4) is 0 Å². The number of halogens is 1. The SMILES string of the molecule is CC(CCC[C@@H](C)[C@H]1CC[C@H]2[C@@H]3CCC4CCCC[C@]4(C)[C@H]3CC[C@]12C)COC(=O)Cl. The highest BCUT2D eigenvalue weighted by Gasteiger charge is 2.60. The Labute approximate surface area is 196 Å². The summed E-state index contributed by atoms with van der Waals surface area (Å²) >= 11 is 5.31. The molecule has 2 nitrogen and oxygen atoms in total. The standard InChI is InChI=1S/C28H47ClO2/c1-19(18-31-26(29)30)8-7-9-20(2)23-13-14-24-22-12-11-21-10-5-6-16-27(21,3)25(22)15-17-28(23,24)4/h19-25H,5-18H2,1-4H3/t19?,20-,21?,22+,23-,24+,25+,27+,28-/m1/s1. The van der Waals surface area contributed by atoms with Gasteiger partial charge in [-0.1, -0.05) is 53.4 Å². The monoisotopic (exact) mass is 450 g/mol. The molecule has 0 aromatic carbocycles. The fraction of sp³-hybridized carbons (Fsp3) is 0.964. The van der Waals surface area contributed by atoms with E-state index in [2.05, 4.69) is 27.7 Å². The average Bonchev–Trinajstić information content (AvgIpc) is 3.09. The Morgan fingerprint density at radius 3 is 2.48 bits per heavy atom. The number of hydrogen-bond acceptors (Lipinski definition) is 2. The molecule has 31 heavy (non-hydrogen) atoms. The molecule has 2 unspecified atom stereocenters. The Bertz CT molecular complexity index is 635. The van der Waals surface area contributed by atoms with Crippen molar-refractivity contribution in [1.82, 2.24) is 0 Å². The number of carbonyl (C=O) groups is 1. The van der Waals surface area contributed by atoms with E-state index in [0.29, 0.717) is 23.4 Å². The van der Waals surface area contributed by atoms with Gasteiger partial charge < -0.3 is 4.74 Å². The van der Waals surface area contributed by atoms with E-state index in [-0.39, 0.29) is 0 Å². The first-order chi connectivity index (χ1) is 14.8. The number of ether oxygens (including phenoxy) is 1. The van der Waals surface area contributed by atoms with Crippen LogP contribution in [0.25, 0.3) is 0 Å². The van der Waals surface area contributed by atoms with Gasteiger partial charge in [-0.25, -0.2) is 4.79 Å². The summed E-state index contributed by atoms with van der Waals surface area (Å²) < 4.78 is 4.97. The smallest absolute Gasteiger partial charge is 0.403 e. The Balaban J connectivity index is 1.34. The predicted octanol–water partition coefficient (Wildman–Crippen LogP) is 8.85. The lowest BCUT2D eigenvalue weighted by Gasteiger charge is -2.61. The van der Waals surface area contributed by atoms with Crippen LogP contribution in [0, 0.1) is 52.3 Å². The van der Waals surface area contributed by atoms with Gasteiger partial charge >= 0.3 is 5.43 Å². The zero-order chi connectivity index (χ0) is 22.2. The van der Waals surface area contributed by atoms with E-state index in [1.807, 2.05) is 0 Å². The average molecular weight is 451 g/mol. The van der Waals surface area contributed by atoms with Crippen molar-refractivity contribution >= 4 is 17.0 Å². The highest BCUT2D eigenvalue weighted by molar-refractivity contribution is 6.61. The van der Waals surface area contributed by atoms with Crippen LogP contribution in [-0.2, 0) is 4.74 Å². The maximum absolute atomic E-state index is 10.8. The minimum absolute atomic E-state index is 0.406. The fourth-order valence-electron chi connectivity index (χ4n) is 9.55. The van der Waals surface area contributed by atoms with Gasteiger partial charge in [-0.15, -0.1) is 0 Å². The highest BCUT2D eigenvalue weighted by atomic mass is 35.5. The van der Waals surface area contributed by atoms with Crippen molar-refractivity contribution in [2.24, 2.45) is 52.3 Å².